The summed E-state index contributed by atoms with van der Waals surface area (Å²) in [6.07, 6.45) is 1.11. The van der Waals surface area contributed by atoms with Gasteiger partial charge < -0.3 is 20.4 Å². The Morgan fingerprint density at radius 2 is 2.07 bits per heavy atom. The van der Waals surface area contributed by atoms with Gasteiger partial charge >= 0.3 is 0 Å². The Hall–Kier alpha value is -2.52. The number of aromatic nitrogens is 3. The number of carbonyl (C=O) groups excluding carboxylic acids is 1. The first-order chi connectivity index (χ1) is 14.5. The predicted octanol–water partition coefficient (Wildman–Crippen LogP) is 4.52. The largest absolute Gasteiger partial charge is 0.380 e. The van der Waals surface area contributed by atoms with Crippen molar-refractivity contribution < 1.29 is 9.53 Å². The van der Waals surface area contributed by atoms with Crippen molar-refractivity contribution in [2.24, 2.45) is 12.8 Å². The van der Waals surface area contributed by atoms with Crippen molar-refractivity contribution in [2.75, 3.05) is 25.1 Å². The second kappa shape index (κ2) is 9.09. The van der Waals surface area contributed by atoms with E-state index in [0.29, 0.717) is 49.1 Å². The second-order valence-corrected chi connectivity index (χ2v) is 8.35. The first-order valence-electron chi connectivity index (χ1n) is 9.66. The molecule has 0 unspecified atom stereocenters. The molecule has 2 heterocycles. The molecule has 3 N–H and O–H groups in total. The van der Waals surface area contributed by atoms with Crippen molar-refractivity contribution in [2.45, 2.75) is 12.8 Å². The molecule has 0 saturated carbocycles. The van der Waals surface area contributed by atoms with Crippen LogP contribution in [0.4, 0.5) is 11.1 Å². The van der Waals surface area contributed by atoms with Crippen LogP contribution in [0.25, 0.3) is 21.3 Å². The summed E-state index contributed by atoms with van der Waals surface area (Å²) in [6.45, 7) is 1.55. The van der Waals surface area contributed by atoms with Crippen molar-refractivity contribution in [1.29, 1.82) is 0 Å². The third kappa shape index (κ3) is 4.46. The van der Waals surface area contributed by atoms with Crippen LogP contribution in [0.3, 0.4) is 0 Å². The highest BCUT2D eigenvalue weighted by molar-refractivity contribution is 7.22. The van der Waals surface area contributed by atoms with Crippen LogP contribution >= 0.6 is 22.9 Å². The fourth-order valence-corrected chi connectivity index (χ4v) is 4.33. The molecule has 7 nitrogen and oxygen atoms in total. The number of nitrogens with zero attached hydrogens (tertiary/aromatic N) is 3. The molecule has 0 radical (unpaired) electrons. The summed E-state index contributed by atoms with van der Waals surface area (Å²) in [4.78, 5) is 21.7. The van der Waals surface area contributed by atoms with Crippen molar-refractivity contribution >= 4 is 61.1 Å². The van der Waals surface area contributed by atoms with Crippen LogP contribution in [-0.2, 0) is 11.8 Å². The summed E-state index contributed by atoms with van der Waals surface area (Å²) < 4.78 is 8.28. The van der Waals surface area contributed by atoms with E-state index >= 15 is 0 Å². The number of ether oxygens (including phenoxy) is 1. The number of rotatable bonds is 9. The van der Waals surface area contributed by atoms with Gasteiger partial charge in [-0.2, -0.15) is 0 Å². The molecule has 156 valence electrons. The number of hydrogen-bond acceptors (Lipinski definition) is 7. The molecular formula is C21H22ClN5O2S. The number of halogens is 1. The molecular weight excluding hydrogens is 422 g/mol. The van der Waals surface area contributed by atoms with E-state index in [1.807, 2.05) is 48.0 Å². The van der Waals surface area contributed by atoms with Crippen molar-refractivity contribution in [3.05, 3.63) is 47.0 Å². The highest BCUT2D eigenvalue weighted by Gasteiger charge is 2.13. The van der Waals surface area contributed by atoms with Gasteiger partial charge in [0.05, 0.1) is 27.9 Å². The number of nitrogens with two attached hydrogens (primary N) is 1. The zero-order chi connectivity index (χ0) is 21.1. The van der Waals surface area contributed by atoms with Crippen molar-refractivity contribution in [3.63, 3.8) is 0 Å². The van der Waals surface area contributed by atoms with Gasteiger partial charge in [-0.1, -0.05) is 22.9 Å². The van der Waals surface area contributed by atoms with Gasteiger partial charge in [-0.05, 0) is 42.8 Å². The lowest BCUT2D eigenvalue weighted by atomic mass is 10.1. The average Bonchev–Trinajstić information content (AvgIpc) is 3.27. The lowest BCUT2D eigenvalue weighted by molar-refractivity contribution is 0.0944. The van der Waals surface area contributed by atoms with E-state index < -0.39 is 0 Å². The smallest absolute Gasteiger partial charge is 0.209 e. The van der Waals surface area contributed by atoms with Crippen LogP contribution < -0.4 is 11.1 Å². The summed E-state index contributed by atoms with van der Waals surface area (Å²) in [5.41, 5.74) is 8.62. The Balaban J connectivity index is 1.50. The molecule has 4 rings (SSSR count). The Morgan fingerprint density at radius 1 is 1.20 bits per heavy atom. The van der Waals surface area contributed by atoms with Gasteiger partial charge in [-0.25, -0.2) is 9.97 Å². The van der Waals surface area contributed by atoms with E-state index in [1.54, 1.807) is 0 Å². The number of carbonyl (C=O) groups is 1. The number of nitrogens with one attached hydrogen (secondary N) is 1. The molecule has 0 saturated heterocycles. The number of Topliss-reactive ketones (excluding diaryl/α,β-unsaturated/α-hetero) is 1. The number of anilines is 2. The lowest BCUT2D eigenvalue weighted by Crippen LogP contribution is -2.10. The number of benzene rings is 2. The molecule has 0 amide bonds. The van der Waals surface area contributed by atoms with E-state index in [0.717, 1.165) is 26.4 Å². The molecule has 0 fully saturated rings. The van der Waals surface area contributed by atoms with Crippen molar-refractivity contribution in [1.82, 2.24) is 14.5 Å². The Labute approximate surface area is 182 Å². The van der Waals surface area contributed by atoms with Crippen molar-refractivity contribution in [3.8, 4) is 0 Å². The predicted molar refractivity (Wildman–Crippen MR) is 122 cm³/mol. The van der Waals surface area contributed by atoms with Gasteiger partial charge in [0, 0.05) is 37.2 Å². The molecule has 0 bridgehead atoms. The highest BCUT2D eigenvalue weighted by Crippen LogP contribution is 2.31. The number of imidazole rings is 1. The topological polar surface area (TPSA) is 95.1 Å². The summed E-state index contributed by atoms with van der Waals surface area (Å²) in [6, 6.07) is 11.2. The molecule has 4 aromatic rings. The van der Waals surface area contributed by atoms with Gasteiger partial charge in [0.2, 0.25) is 5.95 Å². The molecule has 9 heteroatoms. The average molecular weight is 444 g/mol. The summed E-state index contributed by atoms with van der Waals surface area (Å²) in [5.74, 6) is 0.742. The number of fused-ring (bicyclic) bond motifs is 2. The molecule has 2 aromatic carbocycles. The third-order valence-corrected chi connectivity index (χ3v) is 5.90. The van der Waals surface area contributed by atoms with Gasteiger partial charge in [-0.15, -0.1) is 0 Å². The number of hydrogen-bond donors (Lipinski definition) is 2. The number of ketones is 1. The number of thiazole rings is 1. The van der Waals surface area contributed by atoms with Crippen LogP contribution in [0.1, 0.15) is 23.2 Å². The van der Waals surface area contributed by atoms with E-state index in [-0.39, 0.29) is 5.78 Å². The minimum atomic E-state index is 0.0801. The van der Waals surface area contributed by atoms with E-state index in [1.165, 1.54) is 11.3 Å². The maximum Gasteiger partial charge on any atom is 0.209 e. The number of aryl methyl sites for hydroxylation is 1. The summed E-state index contributed by atoms with van der Waals surface area (Å²) in [5, 5.41) is 4.70. The zero-order valence-electron chi connectivity index (χ0n) is 16.5. The van der Waals surface area contributed by atoms with Gasteiger partial charge in [0.1, 0.15) is 0 Å². The Morgan fingerprint density at radius 3 is 2.90 bits per heavy atom. The summed E-state index contributed by atoms with van der Waals surface area (Å²) in [7, 11) is 1.93. The van der Waals surface area contributed by atoms with Gasteiger partial charge in [0.15, 0.2) is 10.9 Å². The van der Waals surface area contributed by atoms with Gasteiger partial charge in [-0.3, -0.25) is 4.79 Å². The molecule has 0 aliphatic rings. The fraction of sp³-hybridized carbons (Fsp3) is 0.286. The minimum absolute atomic E-state index is 0.0801. The minimum Gasteiger partial charge on any atom is -0.380 e. The fourth-order valence-electron chi connectivity index (χ4n) is 3.20. The molecule has 0 atom stereocenters. The van der Waals surface area contributed by atoms with E-state index in [9.17, 15) is 4.79 Å². The van der Waals surface area contributed by atoms with Crippen LogP contribution in [0, 0.1) is 0 Å². The second-order valence-electron chi connectivity index (χ2n) is 6.88. The highest BCUT2D eigenvalue weighted by atomic mass is 35.5. The molecule has 30 heavy (non-hydrogen) atoms. The monoisotopic (exact) mass is 443 g/mol. The van der Waals surface area contributed by atoms with Gasteiger partial charge in [0.25, 0.3) is 0 Å². The van der Waals surface area contributed by atoms with E-state index in [2.05, 4.69) is 15.3 Å². The first-order valence-corrected chi connectivity index (χ1v) is 10.8. The lowest BCUT2D eigenvalue weighted by Gasteiger charge is -2.04. The Kier molecular flexibility index (Phi) is 6.29. The standard InChI is InChI=1S/C21H22ClN5O2S/c1-27-17-7-4-13(18(28)3-2-9-29-10-8-23)11-16(17)24-20(27)26-21-25-15-6-5-14(22)12-19(15)30-21/h4-7,11-12H,2-3,8-10,23H2,1H3,(H,24,25,26). The van der Waals surface area contributed by atoms with Crippen LogP contribution in [0.5, 0.6) is 0 Å². The summed E-state index contributed by atoms with van der Waals surface area (Å²) >= 11 is 7.58. The maximum absolute atomic E-state index is 12.5. The van der Waals surface area contributed by atoms with Crippen LogP contribution in [-0.4, -0.2) is 40.1 Å². The quantitative estimate of drug-likeness (QED) is 0.292. The first kappa shape index (κ1) is 20.7. The molecule has 0 aliphatic carbocycles. The van der Waals surface area contributed by atoms with Crippen LogP contribution in [0.2, 0.25) is 5.02 Å². The zero-order valence-corrected chi connectivity index (χ0v) is 18.1. The molecule has 0 spiro atoms. The van der Waals surface area contributed by atoms with E-state index in [4.69, 9.17) is 22.1 Å². The Bertz CT molecular complexity index is 1200. The SMILES string of the molecule is Cn1c(Nc2nc3ccc(Cl)cc3s2)nc2cc(C(=O)CCCOCCN)ccc21. The third-order valence-electron chi connectivity index (χ3n) is 4.73. The molecule has 0 aliphatic heterocycles. The van der Waals surface area contributed by atoms with Crippen LogP contribution in [0.15, 0.2) is 36.4 Å². The normalized spacial score (nSPS) is 11.4. The maximum atomic E-state index is 12.5. The molecule has 2 aromatic heterocycles.